The molecule has 0 radical (unpaired) electrons. The molecule has 8 heteroatoms. The zero-order valence-electron chi connectivity index (χ0n) is 17.8. The Morgan fingerprint density at radius 3 is 2.48 bits per heavy atom. The lowest BCUT2D eigenvalue weighted by molar-refractivity contribution is -0.139. The highest BCUT2D eigenvalue weighted by Gasteiger charge is 2.27. The van der Waals surface area contributed by atoms with Gasteiger partial charge in [0.1, 0.15) is 11.9 Å². The van der Waals surface area contributed by atoms with Gasteiger partial charge < -0.3 is 10.2 Å². The van der Waals surface area contributed by atoms with E-state index in [0.29, 0.717) is 21.4 Å². The maximum atomic E-state index is 14.2. The summed E-state index contributed by atoms with van der Waals surface area (Å²) in [5.41, 5.74) is 1.23. The maximum absolute atomic E-state index is 14.2. The molecule has 0 unspecified atom stereocenters. The van der Waals surface area contributed by atoms with E-state index in [9.17, 15) is 14.0 Å². The number of nitrogens with one attached hydrogen (secondary N) is 1. The first-order chi connectivity index (χ1) is 14.7. The van der Waals surface area contributed by atoms with Gasteiger partial charge in [-0.25, -0.2) is 4.39 Å². The van der Waals surface area contributed by atoms with Crippen molar-refractivity contribution in [3.63, 3.8) is 0 Å². The highest BCUT2D eigenvalue weighted by molar-refractivity contribution is 7.99. The molecular formula is C23H27Cl2FN2O2S. The molecule has 2 aromatic carbocycles. The van der Waals surface area contributed by atoms with Crippen LogP contribution in [0, 0.1) is 5.82 Å². The second-order valence-corrected chi connectivity index (χ2v) is 9.16. The van der Waals surface area contributed by atoms with Crippen LogP contribution in [0.15, 0.2) is 42.5 Å². The summed E-state index contributed by atoms with van der Waals surface area (Å²) in [5.74, 6) is -0.262. The van der Waals surface area contributed by atoms with E-state index < -0.39 is 11.9 Å². The van der Waals surface area contributed by atoms with Crippen molar-refractivity contribution >= 4 is 46.8 Å². The van der Waals surface area contributed by atoms with Gasteiger partial charge in [0.2, 0.25) is 11.8 Å². The second-order valence-electron chi connectivity index (χ2n) is 7.34. The summed E-state index contributed by atoms with van der Waals surface area (Å²) in [4.78, 5) is 27.1. The van der Waals surface area contributed by atoms with E-state index >= 15 is 0 Å². The predicted molar refractivity (Wildman–Crippen MR) is 127 cm³/mol. The maximum Gasteiger partial charge on any atom is 0.242 e. The van der Waals surface area contributed by atoms with Gasteiger partial charge in [0, 0.05) is 33.9 Å². The molecule has 0 aromatic heterocycles. The summed E-state index contributed by atoms with van der Waals surface area (Å²) >= 11 is 13.5. The van der Waals surface area contributed by atoms with Gasteiger partial charge in [0.15, 0.2) is 0 Å². The van der Waals surface area contributed by atoms with Crippen LogP contribution in [0.25, 0.3) is 0 Å². The Labute approximate surface area is 197 Å². The largest absolute Gasteiger partial charge is 0.352 e. The van der Waals surface area contributed by atoms with Gasteiger partial charge in [-0.1, -0.05) is 54.4 Å². The van der Waals surface area contributed by atoms with Gasteiger partial charge in [0.05, 0.1) is 5.75 Å². The van der Waals surface area contributed by atoms with Crippen LogP contribution in [-0.4, -0.2) is 34.6 Å². The van der Waals surface area contributed by atoms with Crippen LogP contribution in [0.2, 0.25) is 10.0 Å². The van der Waals surface area contributed by atoms with E-state index in [1.807, 2.05) is 19.9 Å². The monoisotopic (exact) mass is 484 g/mol. The second kappa shape index (κ2) is 12.3. The minimum absolute atomic E-state index is 0.0122. The number of carbonyl (C=O) groups is 2. The molecule has 0 spiro atoms. The molecule has 0 aliphatic rings. The Morgan fingerprint density at radius 1 is 1.13 bits per heavy atom. The molecule has 2 aromatic rings. The van der Waals surface area contributed by atoms with Crippen molar-refractivity contribution in [2.24, 2.45) is 0 Å². The summed E-state index contributed by atoms with van der Waals surface area (Å²) in [7, 11) is 0. The molecule has 0 fully saturated rings. The van der Waals surface area contributed by atoms with Crippen molar-refractivity contribution in [3.05, 3.63) is 69.5 Å². The van der Waals surface area contributed by atoms with E-state index in [1.165, 1.54) is 22.7 Å². The summed E-state index contributed by atoms with van der Waals surface area (Å²) < 4.78 is 14.2. The third kappa shape index (κ3) is 7.70. The Balaban J connectivity index is 2.11. The number of hydrogen-bond donors (Lipinski definition) is 1. The molecule has 1 N–H and O–H groups in total. The number of rotatable bonds is 10. The average Bonchev–Trinajstić information content (AvgIpc) is 2.73. The first-order valence-electron chi connectivity index (χ1n) is 10.1. The fourth-order valence-corrected chi connectivity index (χ4v) is 4.30. The molecule has 0 aliphatic heterocycles. The molecular weight excluding hydrogens is 458 g/mol. The number of carbonyl (C=O) groups excluding carboxylic acids is 2. The topological polar surface area (TPSA) is 49.4 Å². The molecule has 2 atom stereocenters. The number of hydrogen-bond acceptors (Lipinski definition) is 3. The molecule has 2 rings (SSSR count). The first kappa shape index (κ1) is 25.5. The summed E-state index contributed by atoms with van der Waals surface area (Å²) in [6, 6.07) is 10.8. The van der Waals surface area contributed by atoms with Crippen LogP contribution in [0.4, 0.5) is 4.39 Å². The number of nitrogens with zero attached hydrogens (tertiary/aromatic N) is 1. The van der Waals surface area contributed by atoms with Crippen molar-refractivity contribution < 1.29 is 14.0 Å². The molecule has 4 nitrogen and oxygen atoms in total. The highest BCUT2D eigenvalue weighted by Crippen LogP contribution is 2.25. The normalized spacial score (nSPS) is 12.8. The molecule has 0 heterocycles. The number of benzene rings is 2. The third-order valence-corrected chi connectivity index (χ3v) is 6.52. The van der Waals surface area contributed by atoms with Crippen molar-refractivity contribution in [2.45, 2.75) is 51.6 Å². The minimum Gasteiger partial charge on any atom is -0.352 e. The molecule has 31 heavy (non-hydrogen) atoms. The Morgan fingerprint density at radius 2 is 1.84 bits per heavy atom. The molecule has 168 valence electrons. The van der Waals surface area contributed by atoms with Gasteiger partial charge in [-0.15, -0.1) is 11.8 Å². The van der Waals surface area contributed by atoms with E-state index in [1.54, 1.807) is 37.3 Å². The molecule has 0 aliphatic carbocycles. The lowest BCUT2D eigenvalue weighted by atomic mass is 10.1. The van der Waals surface area contributed by atoms with Crippen molar-refractivity contribution in [2.75, 3.05) is 5.75 Å². The summed E-state index contributed by atoms with van der Waals surface area (Å²) in [6.07, 6.45) is 0.775. The minimum atomic E-state index is -0.735. The van der Waals surface area contributed by atoms with Crippen molar-refractivity contribution in [3.8, 4) is 0 Å². The van der Waals surface area contributed by atoms with Crippen LogP contribution in [0.5, 0.6) is 0 Å². The predicted octanol–water partition coefficient (Wildman–Crippen LogP) is 5.70. The fourth-order valence-electron chi connectivity index (χ4n) is 2.83. The molecule has 0 saturated carbocycles. The number of halogens is 3. The van der Waals surface area contributed by atoms with Crippen LogP contribution >= 0.6 is 35.0 Å². The van der Waals surface area contributed by atoms with Gasteiger partial charge in [0.25, 0.3) is 0 Å². The van der Waals surface area contributed by atoms with Crippen LogP contribution in [0.3, 0.4) is 0 Å². The lowest BCUT2D eigenvalue weighted by Gasteiger charge is -2.29. The van der Waals surface area contributed by atoms with E-state index in [2.05, 4.69) is 5.32 Å². The third-order valence-electron chi connectivity index (χ3n) is 4.97. The number of amides is 2. The molecule has 0 saturated heterocycles. The van der Waals surface area contributed by atoms with Gasteiger partial charge in [-0.2, -0.15) is 0 Å². The SMILES string of the molecule is CC[C@H](C)NC(=O)[C@@H](C)N(Cc1ccccc1F)C(=O)CSCc1ccc(Cl)cc1Cl. The highest BCUT2D eigenvalue weighted by atomic mass is 35.5. The van der Waals surface area contributed by atoms with Gasteiger partial charge in [-0.3, -0.25) is 9.59 Å². The summed E-state index contributed by atoms with van der Waals surface area (Å²) in [5, 5.41) is 3.98. The van der Waals surface area contributed by atoms with Crippen LogP contribution in [-0.2, 0) is 21.9 Å². The number of thioether (sulfide) groups is 1. The zero-order valence-corrected chi connectivity index (χ0v) is 20.2. The molecule has 2 amide bonds. The van der Waals surface area contributed by atoms with E-state index in [0.717, 1.165) is 12.0 Å². The Kier molecular flexibility index (Phi) is 10.1. The lowest BCUT2D eigenvalue weighted by Crippen LogP contribution is -2.50. The average molecular weight is 485 g/mol. The van der Waals surface area contributed by atoms with E-state index in [-0.39, 0.29) is 30.2 Å². The standard InChI is InChI=1S/C23H27Cl2FN2O2S/c1-4-15(2)27-23(30)16(3)28(12-17-7-5-6-8-21(17)26)22(29)14-31-13-18-9-10-19(24)11-20(18)25/h5-11,15-16H,4,12-14H2,1-3H3,(H,27,30)/t15-,16+/m0/s1. The van der Waals surface area contributed by atoms with Crippen molar-refractivity contribution in [1.29, 1.82) is 0 Å². The Bertz CT molecular complexity index is 913. The molecule has 0 bridgehead atoms. The van der Waals surface area contributed by atoms with Crippen LogP contribution in [0.1, 0.15) is 38.3 Å². The van der Waals surface area contributed by atoms with Gasteiger partial charge >= 0.3 is 0 Å². The Hall–Kier alpha value is -1.76. The fraction of sp³-hybridized carbons (Fsp3) is 0.391. The quantitative estimate of drug-likeness (QED) is 0.470. The van der Waals surface area contributed by atoms with Gasteiger partial charge in [-0.05, 0) is 44.0 Å². The first-order valence-corrected chi connectivity index (χ1v) is 12.0. The smallest absolute Gasteiger partial charge is 0.242 e. The summed E-state index contributed by atoms with van der Waals surface area (Å²) in [6.45, 7) is 5.55. The van der Waals surface area contributed by atoms with E-state index in [4.69, 9.17) is 23.2 Å². The zero-order chi connectivity index (χ0) is 23.0. The van der Waals surface area contributed by atoms with Crippen molar-refractivity contribution in [1.82, 2.24) is 10.2 Å². The van der Waals surface area contributed by atoms with Crippen LogP contribution < -0.4 is 5.32 Å².